The molecule has 1 saturated carbocycles. The van der Waals surface area contributed by atoms with E-state index in [9.17, 15) is 9.18 Å². The first-order valence-electron chi connectivity index (χ1n) is 6.61. The Morgan fingerprint density at radius 1 is 1.47 bits per heavy atom. The third-order valence-corrected chi connectivity index (χ3v) is 4.37. The Kier molecular flexibility index (Phi) is 4.40. The molecule has 104 valence electrons. The first kappa shape index (κ1) is 14.3. The topological polar surface area (TPSA) is 42.0 Å². The largest absolute Gasteiger partial charge is 0.349 e. The van der Waals surface area contributed by atoms with Crippen LogP contribution in [0.5, 0.6) is 0 Å². The molecule has 3 nitrogen and oxygen atoms in total. The average molecular weight is 285 g/mol. The first-order chi connectivity index (χ1) is 8.99. The van der Waals surface area contributed by atoms with Crippen LogP contribution in [-0.4, -0.2) is 16.9 Å². The Morgan fingerprint density at radius 3 is 2.95 bits per heavy atom. The van der Waals surface area contributed by atoms with E-state index in [1.165, 1.54) is 6.42 Å². The predicted octanol–water partition coefficient (Wildman–Crippen LogP) is 3.43. The fourth-order valence-electron chi connectivity index (χ4n) is 2.61. The quantitative estimate of drug-likeness (QED) is 0.846. The summed E-state index contributed by atoms with van der Waals surface area (Å²) in [6.45, 7) is 4.33. The monoisotopic (exact) mass is 284 g/mol. The van der Waals surface area contributed by atoms with E-state index in [1.54, 1.807) is 0 Å². The van der Waals surface area contributed by atoms with Gasteiger partial charge < -0.3 is 5.32 Å². The summed E-state index contributed by atoms with van der Waals surface area (Å²) in [5, 5.41) is 2.99. The molecular formula is C14H18ClFN2O. The van der Waals surface area contributed by atoms with Crippen LogP contribution >= 0.6 is 11.6 Å². The van der Waals surface area contributed by atoms with Gasteiger partial charge in [0.25, 0.3) is 5.91 Å². The van der Waals surface area contributed by atoms with Gasteiger partial charge in [-0.1, -0.05) is 38.3 Å². The highest BCUT2D eigenvalue weighted by Crippen LogP contribution is 2.29. The van der Waals surface area contributed by atoms with E-state index >= 15 is 0 Å². The Balaban J connectivity index is 2.10. The van der Waals surface area contributed by atoms with Crippen LogP contribution in [0, 0.1) is 17.7 Å². The summed E-state index contributed by atoms with van der Waals surface area (Å²) in [5.74, 6) is 0.0979. The van der Waals surface area contributed by atoms with Gasteiger partial charge in [-0.2, -0.15) is 0 Å². The zero-order valence-corrected chi connectivity index (χ0v) is 11.9. The maximum atomic E-state index is 13.1. The van der Waals surface area contributed by atoms with Crippen molar-refractivity contribution in [2.24, 2.45) is 11.8 Å². The lowest BCUT2D eigenvalue weighted by Gasteiger charge is -2.34. The molecular weight excluding hydrogens is 267 g/mol. The van der Waals surface area contributed by atoms with E-state index in [0.717, 1.165) is 25.1 Å². The van der Waals surface area contributed by atoms with E-state index in [1.807, 2.05) is 0 Å². The van der Waals surface area contributed by atoms with E-state index in [2.05, 4.69) is 24.1 Å². The van der Waals surface area contributed by atoms with Crippen LogP contribution < -0.4 is 5.32 Å². The molecule has 3 atom stereocenters. The number of pyridine rings is 1. The molecule has 5 heteroatoms. The van der Waals surface area contributed by atoms with Gasteiger partial charge >= 0.3 is 0 Å². The molecule has 1 aliphatic rings. The molecule has 0 aromatic carbocycles. The molecule has 1 amide bonds. The van der Waals surface area contributed by atoms with E-state index in [-0.39, 0.29) is 22.7 Å². The molecule has 1 N–H and O–H groups in total. The van der Waals surface area contributed by atoms with Crippen LogP contribution in [0.4, 0.5) is 4.39 Å². The van der Waals surface area contributed by atoms with Crippen LogP contribution in [0.1, 0.15) is 43.5 Å². The summed E-state index contributed by atoms with van der Waals surface area (Å²) in [7, 11) is 0. The fraction of sp³-hybridized carbons (Fsp3) is 0.571. The van der Waals surface area contributed by atoms with Crippen molar-refractivity contribution in [3.05, 3.63) is 28.8 Å². The summed E-state index contributed by atoms with van der Waals surface area (Å²) in [5.41, 5.74) is 0.104. The smallest absolute Gasteiger partial charge is 0.254 e. The second-order valence-electron chi connectivity index (χ2n) is 5.34. The van der Waals surface area contributed by atoms with E-state index < -0.39 is 5.82 Å². The van der Waals surface area contributed by atoms with Crippen molar-refractivity contribution >= 4 is 17.5 Å². The molecule has 0 spiro atoms. The lowest BCUT2D eigenvalue weighted by atomic mass is 9.78. The fourth-order valence-corrected chi connectivity index (χ4v) is 2.80. The number of halogens is 2. The number of hydrogen-bond acceptors (Lipinski definition) is 2. The van der Waals surface area contributed by atoms with Gasteiger partial charge in [0.1, 0.15) is 11.0 Å². The van der Waals surface area contributed by atoms with Crippen molar-refractivity contribution < 1.29 is 9.18 Å². The van der Waals surface area contributed by atoms with Crippen LogP contribution in [0.25, 0.3) is 0 Å². The summed E-state index contributed by atoms with van der Waals surface area (Å²) in [6, 6.07) is 1.25. The number of rotatable bonds is 2. The minimum Gasteiger partial charge on any atom is -0.349 e. The number of amides is 1. The van der Waals surface area contributed by atoms with Crippen LogP contribution in [0.15, 0.2) is 12.3 Å². The van der Waals surface area contributed by atoms with Gasteiger partial charge in [0.05, 0.1) is 11.8 Å². The van der Waals surface area contributed by atoms with Crippen molar-refractivity contribution in [1.29, 1.82) is 0 Å². The Hall–Kier alpha value is -1.16. The highest BCUT2D eigenvalue weighted by Gasteiger charge is 2.28. The second-order valence-corrected chi connectivity index (χ2v) is 5.70. The van der Waals surface area contributed by atoms with Crippen molar-refractivity contribution in [3.8, 4) is 0 Å². The lowest BCUT2D eigenvalue weighted by molar-refractivity contribution is 0.0890. The summed E-state index contributed by atoms with van der Waals surface area (Å²) >= 11 is 5.84. The molecule has 1 heterocycles. The lowest BCUT2D eigenvalue weighted by Crippen LogP contribution is -2.43. The van der Waals surface area contributed by atoms with E-state index in [4.69, 9.17) is 11.6 Å². The molecule has 0 radical (unpaired) electrons. The van der Waals surface area contributed by atoms with Gasteiger partial charge in [0, 0.05) is 6.04 Å². The minimum absolute atomic E-state index is 0.0374. The van der Waals surface area contributed by atoms with Crippen molar-refractivity contribution in [1.82, 2.24) is 10.3 Å². The number of carbonyl (C=O) groups excluding carboxylic acids is 1. The van der Waals surface area contributed by atoms with Crippen molar-refractivity contribution in [2.45, 2.75) is 39.2 Å². The molecule has 0 aliphatic heterocycles. The van der Waals surface area contributed by atoms with Crippen LogP contribution in [0.2, 0.25) is 5.15 Å². The van der Waals surface area contributed by atoms with E-state index in [0.29, 0.717) is 11.8 Å². The minimum atomic E-state index is -0.556. The van der Waals surface area contributed by atoms with Gasteiger partial charge in [-0.15, -0.1) is 0 Å². The van der Waals surface area contributed by atoms with Gasteiger partial charge in [0.15, 0.2) is 0 Å². The SMILES string of the molecule is CC1CCCC(NC(=O)c2cc(F)cnc2Cl)C1C. The number of nitrogens with zero attached hydrogens (tertiary/aromatic N) is 1. The van der Waals surface area contributed by atoms with Crippen LogP contribution in [0.3, 0.4) is 0 Å². The molecule has 2 rings (SSSR count). The van der Waals surface area contributed by atoms with Gasteiger partial charge in [-0.3, -0.25) is 4.79 Å². The second kappa shape index (κ2) is 5.87. The molecule has 1 aromatic rings. The predicted molar refractivity (Wildman–Crippen MR) is 72.6 cm³/mol. The first-order valence-corrected chi connectivity index (χ1v) is 6.98. The summed E-state index contributed by atoms with van der Waals surface area (Å²) in [4.78, 5) is 15.8. The molecule has 0 bridgehead atoms. The molecule has 3 unspecified atom stereocenters. The number of hydrogen-bond donors (Lipinski definition) is 1. The Bertz CT molecular complexity index is 481. The number of aromatic nitrogens is 1. The Labute approximate surface area is 117 Å². The highest BCUT2D eigenvalue weighted by atomic mass is 35.5. The normalized spacial score (nSPS) is 27.1. The van der Waals surface area contributed by atoms with Gasteiger partial charge in [-0.25, -0.2) is 9.37 Å². The summed E-state index contributed by atoms with van der Waals surface area (Å²) in [6.07, 6.45) is 4.25. The zero-order valence-electron chi connectivity index (χ0n) is 11.1. The number of nitrogens with one attached hydrogen (secondary N) is 1. The Morgan fingerprint density at radius 2 is 2.21 bits per heavy atom. The molecule has 1 fully saturated rings. The maximum absolute atomic E-state index is 13.1. The number of carbonyl (C=O) groups is 1. The van der Waals surface area contributed by atoms with Crippen molar-refractivity contribution in [3.63, 3.8) is 0 Å². The van der Waals surface area contributed by atoms with Gasteiger partial charge in [-0.05, 0) is 24.3 Å². The molecule has 19 heavy (non-hydrogen) atoms. The molecule has 1 aromatic heterocycles. The summed E-state index contributed by atoms with van der Waals surface area (Å²) < 4.78 is 13.1. The average Bonchev–Trinajstić information content (AvgIpc) is 2.38. The third-order valence-electron chi connectivity index (χ3n) is 4.07. The third kappa shape index (κ3) is 3.24. The highest BCUT2D eigenvalue weighted by molar-refractivity contribution is 6.32. The van der Waals surface area contributed by atoms with Crippen LogP contribution in [-0.2, 0) is 0 Å². The maximum Gasteiger partial charge on any atom is 0.254 e. The van der Waals surface area contributed by atoms with Crippen molar-refractivity contribution in [2.75, 3.05) is 0 Å². The molecule has 1 aliphatic carbocycles. The van der Waals surface area contributed by atoms with Gasteiger partial charge in [0.2, 0.25) is 0 Å². The zero-order chi connectivity index (χ0) is 14.0. The standard InChI is InChI=1S/C14H18ClFN2O/c1-8-4-3-5-12(9(8)2)18-14(19)11-6-10(16)7-17-13(11)15/h6-9,12H,3-5H2,1-2H3,(H,18,19). The molecule has 0 saturated heterocycles.